The highest BCUT2D eigenvalue weighted by Gasteiger charge is 2.31. The summed E-state index contributed by atoms with van der Waals surface area (Å²) in [6.45, 7) is 0. The van der Waals surface area contributed by atoms with Gasteiger partial charge in [0.2, 0.25) is 0 Å². The average molecular weight is 227 g/mol. The van der Waals surface area contributed by atoms with Gasteiger partial charge in [-0.25, -0.2) is 0 Å². The van der Waals surface area contributed by atoms with Gasteiger partial charge in [0.1, 0.15) is 0 Å². The lowest BCUT2D eigenvalue weighted by Gasteiger charge is -2.32. The van der Waals surface area contributed by atoms with E-state index in [1.807, 2.05) is 18.2 Å². The molecule has 1 saturated carbocycles. The first-order chi connectivity index (χ1) is 8.28. The van der Waals surface area contributed by atoms with Gasteiger partial charge < -0.3 is 5.11 Å². The Balaban J connectivity index is 2.05. The third-order valence-corrected chi connectivity index (χ3v) is 3.82. The summed E-state index contributed by atoms with van der Waals surface area (Å²) in [6, 6.07) is 10.1. The fourth-order valence-corrected chi connectivity index (χ4v) is 2.79. The molecule has 88 valence electrons. The van der Waals surface area contributed by atoms with Gasteiger partial charge in [-0.1, -0.05) is 31.4 Å². The van der Waals surface area contributed by atoms with Crippen molar-refractivity contribution in [1.82, 2.24) is 4.98 Å². The molecule has 17 heavy (non-hydrogen) atoms. The van der Waals surface area contributed by atoms with E-state index >= 15 is 0 Å². The summed E-state index contributed by atoms with van der Waals surface area (Å²) in [4.78, 5) is 4.31. The number of aliphatic hydroxyl groups is 1. The molecule has 0 aliphatic heterocycles. The molecule has 1 aliphatic carbocycles. The molecule has 1 fully saturated rings. The fourth-order valence-electron chi connectivity index (χ4n) is 2.79. The number of hydrogen-bond acceptors (Lipinski definition) is 2. The van der Waals surface area contributed by atoms with Crippen LogP contribution in [0.5, 0.6) is 0 Å². The minimum atomic E-state index is -0.609. The summed E-state index contributed by atoms with van der Waals surface area (Å²) >= 11 is 0. The number of rotatable bonds is 1. The second-order valence-corrected chi connectivity index (χ2v) is 5.00. The number of fused-ring (bicyclic) bond motifs is 1. The van der Waals surface area contributed by atoms with Crippen molar-refractivity contribution >= 4 is 10.9 Å². The van der Waals surface area contributed by atoms with Crippen LogP contribution in [0.4, 0.5) is 0 Å². The molecule has 0 saturated heterocycles. The molecule has 2 nitrogen and oxygen atoms in total. The van der Waals surface area contributed by atoms with E-state index in [1.54, 1.807) is 6.20 Å². The second kappa shape index (κ2) is 4.11. The van der Waals surface area contributed by atoms with Crippen LogP contribution in [0.2, 0.25) is 0 Å². The van der Waals surface area contributed by atoms with Crippen molar-refractivity contribution in [3.8, 4) is 0 Å². The number of pyridine rings is 1. The number of nitrogens with zero attached hydrogens (tertiary/aromatic N) is 1. The van der Waals surface area contributed by atoms with Crippen molar-refractivity contribution in [3.05, 3.63) is 42.1 Å². The summed E-state index contributed by atoms with van der Waals surface area (Å²) in [5, 5.41) is 11.8. The third kappa shape index (κ3) is 1.93. The van der Waals surface area contributed by atoms with Gasteiger partial charge in [0.05, 0.1) is 11.1 Å². The molecule has 0 amide bonds. The largest absolute Gasteiger partial charge is 0.385 e. The first kappa shape index (κ1) is 10.7. The maximum Gasteiger partial charge on any atom is 0.0896 e. The van der Waals surface area contributed by atoms with Gasteiger partial charge in [-0.05, 0) is 36.6 Å². The molecule has 1 aromatic heterocycles. The predicted molar refractivity (Wildman–Crippen MR) is 68.7 cm³/mol. The van der Waals surface area contributed by atoms with Crippen molar-refractivity contribution in [2.24, 2.45) is 0 Å². The summed E-state index contributed by atoms with van der Waals surface area (Å²) in [5.41, 5.74) is 1.44. The first-order valence-corrected chi connectivity index (χ1v) is 6.36. The van der Waals surface area contributed by atoms with E-state index in [1.165, 1.54) is 6.42 Å². The van der Waals surface area contributed by atoms with E-state index in [-0.39, 0.29) is 0 Å². The van der Waals surface area contributed by atoms with Gasteiger partial charge in [0, 0.05) is 11.6 Å². The molecule has 1 aromatic carbocycles. The lowest BCUT2D eigenvalue weighted by molar-refractivity contribution is -0.000509. The number of hydrogen-bond donors (Lipinski definition) is 1. The first-order valence-electron chi connectivity index (χ1n) is 6.36. The highest BCUT2D eigenvalue weighted by molar-refractivity contribution is 5.79. The van der Waals surface area contributed by atoms with Gasteiger partial charge in [0.15, 0.2) is 0 Å². The standard InChI is InChI=1S/C15H17NO/c17-15(8-2-1-3-9-15)13-6-7-14-12(11-13)5-4-10-16-14/h4-7,10-11,17H,1-3,8-9H2. The summed E-state index contributed by atoms with van der Waals surface area (Å²) in [5.74, 6) is 0. The Morgan fingerprint density at radius 1 is 1.06 bits per heavy atom. The normalized spacial score (nSPS) is 19.4. The smallest absolute Gasteiger partial charge is 0.0896 e. The lowest BCUT2D eigenvalue weighted by atomic mass is 9.79. The van der Waals surface area contributed by atoms with Crippen LogP contribution in [0, 0.1) is 0 Å². The minimum Gasteiger partial charge on any atom is -0.385 e. The zero-order chi connectivity index (χ0) is 11.7. The number of aromatic nitrogens is 1. The Hall–Kier alpha value is -1.41. The summed E-state index contributed by atoms with van der Waals surface area (Å²) in [7, 11) is 0. The van der Waals surface area contributed by atoms with Crippen LogP contribution in [0.15, 0.2) is 36.5 Å². The molecular weight excluding hydrogens is 210 g/mol. The molecule has 1 heterocycles. The van der Waals surface area contributed by atoms with Crippen LogP contribution in [0.3, 0.4) is 0 Å². The third-order valence-electron chi connectivity index (χ3n) is 3.82. The molecule has 1 N–H and O–H groups in total. The average Bonchev–Trinajstić information content (AvgIpc) is 2.39. The fraction of sp³-hybridized carbons (Fsp3) is 0.400. The number of benzene rings is 1. The van der Waals surface area contributed by atoms with E-state index < -0.39 is 5.60 Å². The molecule has 2 aromatic rings. The minimum absolute atomic E-state index is 0.609. The Morgan fingerprint density at radius 2 is 1.88 bits per heavy atom. The van der Waals surface area contributed by atoms with Crippen LogP contribution in [-0.4, -0.2) is 10.1 Å². The van der Waals surface area contributed by atoms with Crippen LogP contribution in [-0.2, 0) is 5.60 Å². The maximum atomic E-state index is 10.7. The Kier molecular flexibility index (Phi) is 2.60. The van der Waals surface area contributed by atoms with Crippen molar-refractivity contribution in [2.45, 2.75) is 37.7 Å². The van der Waals surface area contributed by atoms with Crippen molar-refractivity contribution < 1.29 is 5.11 Å². The monoisotopic (exact) mass is 227 g/mol. The SMILES string of the molecule is OC1(c2ccc3ncccc3c2)CCCCC1. The quantitative estimate of drug-likeness (QED) is 0.810. The van der Waals surface area contributed by atoms with Crippen molar-refractivity contribution in [3.63, 3.8) is 0 Å². The maximum absolute atomic E-state index is 10.7. The highest BCUT2D eigenvalue weighted by Crippen LogP contribution is 2.37. The van der Waals surface area contributed by atoms with E-state index in [4.69, 9.17) is 0 Å². The second-order valence-electron chi connectivity index (χ2n) is 5.00. The van der Waals surface area contributed by atoms with Gasteiger partial charge in [-0.2, -0.15) is 0 Å². The summed E-state index contributed by atoms with van der Waals surface area (Å²) in [6.07, 6.45) is 7.08. The molecule has 0 radical (unpaired) electrons. The van der Waals surface area contributed by atoms with Gasteiger partial charge >= 0.3 is 0 Å². The Morgan fingerprint density at radius 3 is 2.71 bits per heavy atom. The topological polar surface area (TPSA) is 33.1 Å². The Labute approximate surface area is 101 Å². The molecule has 2 heteroatoms. The van der Waals surface area contributed by atoms with E-state index in [0.29, 0.717) is 0 Å². The summed E-state index contributed by atoms with van der Waals surface area (Å²) < 4.78 is 0. The molecule has 0 spiro atoms. The molecule has 0 atom stereocenters. The molecular formula is C15H17NO. The van der Waals surface area contributed by atoms with E-state index in [9.17, 15) is 5.11 Å². The zero-order valence-electron chi connectivity index (χ0n) is 9.89. The molecule has 0 bridgehead atoms. The van der Waals surface area contributed by atoms with Crippen molar-refractivity contribution in [1.29, 1.82) is 0 Å². The predicted octanol–water partition coefficient (Wildman–Crippen LogP) is 3.39. The van der Waals surface area contributed by atoms with E-state index in [0.717, 1.165) is 42.1 Å². The van der Waals surface area contributed by atoms with Crippen LogP contribution < -0.4 is 0 Å². The van der Waals surface area contributed by atoms with Crippen LogP contribution in [0.25, 0.3) is 10.9 Å². The molecule has 1 aliphatic rings. The van der Waals surface area contributed by atoms with E-state index in [2.05, 4.69) is 17.1 Å². The van der Waals surface area contributed by atoms with Gasteiger partial charge in [0.25, 0.3) is 0 Å². The van der Waals surface area contributed by atoms with Crippen LogP contribution in [0.1, 0.15) is 37.7 Å². The molecule has 3 rings (SSSR count). The van der Waals surface area contributed by atoms with Crippen molar-refractivity contribution in [2.75, 3.05) is 0 Å². The van der Waals surface area contributed by atoms with Crippen LogP contribution >= 0.6 is 0 Å². The lowest BCUT2D eigenvalue weighted by Crippen LogP contribution is -2.28. The highest BCUT2D eigenvalue weighted by atomic mass is 16.3. The molecule has 0 unspecified atom stereocenters. The zero-order valence-corrected chi connectivity index (χ0v) is 9.89. The van der Waals surface area contributed by atoms with Gasteiger partial charge in [-0.3, -0.25) is 4.98 Å². The van der Waals surface area contributed by atoms with Gasteiger partial charge in [-0.15, -0.1) is 0 Å². The Bertz CT molecular complexity index is 529.